The Bertz CT molecular complexity index is 69.7. The monoisotopic (exact) mass is 161 g/mol. The predicted octanol–water partition coefficient (Wildman–Crippen LogP) is 2.26. The van der Waals surface area contributed by atoms with Gasteiger partial charge in [-0.05, 0) is 19.8 Å². The minimum absolute atomic E-state index is 0.352. The molecule has 0 aromatic rings. The van der Waals surface area contributed by atoms with E-state index in [2.05, 4.69) is 20.8 Å². The summed E-state index contributed by atoms with van der Waals surface area (Å²) in [6.07, 6.45) is 2.54. The number of thioether (sulfide) groups is 1. The highest BCUT2D eigenvalue weighted by atomic mass is 32.2. The van der Waals surface area contributed by atoms with Gasteiger partial charge in [0.05, 0.1) is 0 Å². The maximum absolute atomic E-state index is 5.63. The van der Waals surface area contributed by atoms with Gasteiger partial charge in [0.25, 0.3) is 0 Å². The molecule has 0 saturated carbocycles. The summed E-state index contributed by atoms with van der Waals surface area (Å²) in [6.45, 7) is 6.54. The van der Waals surface area contributed by atoms with Crippen molar-refractivity contribution in [2.24, 2.45) is 5.73 Å². The Morgan fingerprint density at radius 2 is 1.80 bits per heavy atom. The van der Waals surface area contributed by atoms with Gasteiger partial charge in [0.15, 0.2) is 0 Å². The first-order valence-corrected chi connectivity index (χ1v) is 5.12. The molecule has 0 aliphatic heterocycles. The fourth-order valence-electron chi connectivity index (χ4n) is 0.812. The molecule has 1 nitrogen and oxygen atoms in total. The molecule has 0 aromatic heterocycles. The smallest absolute Gasteiger partial charge is 0.0102 e. The summed E-state index contributed by atoms with van der Waals surface area (Å²) in [5, 5.41) is 0.825. The Balaban J connectivity index is 3.26. The van der Waals surface area contributed by atoms with E-state index in [0.29, 0.717) is 6.04 Å². The predicted molar refractivity (Wildman–Crippen MR) is 50.5 cm³/mol. The molecule has 0 aliphatic rings. The summed E-state index contributed by atoms with van der Waals surface area (Å²) in [5.74, 6) is 1.10. The Morgan fingerprint density at radius 1 is 1.30 bits per heavy atom. The molecule has 0 rings (SSSR count). The van der Waals surface area contributed by atoms with Gasteiger partial charge >= 0.3 is 0 Å². The maximum atomic E-state index is 5.63. The van der Waals surface area contributed by atoms with E-state index in [0.717, 1.165) is 11.0 Å². The van der Waals surface area contributed by atoms with Gasteiger partial charge in [-0.3, -0.25) is 0 Å². The van der Waals surface area contributed by atoms with Crippen LogP contribution in [-0.2, 0) is 0 Å². The van der Waals surface area contributed by atoms with Crippen LogP contribution >= 0.6 is 11.8 Å². The van der Waals surface area contributed by atoms with E-state index in [1.165, 1.54) is 12.8 Å². The zero-order chi connectivity index (χ0) is 7.98. The third-order valence-corrected chi connectivity index (χ3v) is 3.36. The first kappa shape index (κ1) is 10.3. The van der Waals surface area contributed by atoms with E-state index in [1.807, 2.05) is 11.8 Å². The molecule has 0 spiro atoms. The van der Waals surface area contributed by atoms with Crippen LogP contribution in [0.4, 0.5) is 0 Å². The Morgan fingerprint density at radius 3 is 2.10 bits per heavy atom. The van der Waals surface area contributed by atoms with Gasteiger partial charge in [-0.1, -0.05) is 13.8 Å². The lowest BCUT2D eigenvalue weighted by atomic mass is 10.3. The molecule has 0 fully saturated rings. The van der Waals surface area contributed by atoms with Gasteiger partial charge < -0.3 is 5.73 Å². The van der Waals surface area contributed by atoms with E-state index < -0.39 is 0 Å². The average molecular weight is 161 g/mol. The summed E-state index contributed by atoms with van der Waals surface area (Å²) < 4.78 is 0. The van der Waals surface area contributed by atoms with E-state index >= 15 is 0 Å². The molecule has 0 bridgehead atoms. The van der Waals surface area contributed by atoms with Crippen LogP contribution in [0.25, 0.3) is 0 Å². The van der Waals surface area contributed by atoms with Crippen molar-refractivity contribution >= 4 is 11.8 Å². The molecule has 1 atom stereocenters. The van der Waals surface area contributed by atoms with Crippen LogP contribution < -0.4 is 5.73 Å². The molecular formula is C8H19NS. The molecule has 2 N–H and O–H groups in total. The van der Waals surface area contributed by atoms with Crippen LogP contribution in [0.2, 0.25) is 0 Å². The van der Waals surface area contributed by atoms with Crippen molar-refractivity contribution in [3.8, 4) is 0 Å². The van der Waals surface area contributed by atoms with E-state index in [4.69, 9.17) is 5.73 Å². The highest BCUT2D eigenvalue weighted by molar-refractivity contribution is 7.99. The van der Waals surface area contributed by atoms with Crippen molar-refractivity contribution in [1.82, 2.24) is 0 Å². The van der Waals surface area contributed by atoms with Gasteiger partial charge in [-0.25, -0.2) is 0 Å². The van der Waals surface area contributed by atoms with Gasteiger partial charge in [-0.15, -0.1) is 0 Å². The second kappa shape index (κ2) is 6.05. The third kappa shape index (κ3) is 5.12. The first-order chi connectivity index (χ1) is 4.70. The Hall–Kier alpha value is 0.310. The van der Waals surface area contributed by atoms with Crippen molar-refractivity contribution in [3.63, 3.8) is 0 Å². The molecule has 0 aromatic carbocycles. The summed E-state index contributed by atoms with van der Waals surface area (Å²) in [7, 11) is 0. The van der Waals surface area contributed by atoms with Gasteiger partial charge in [0.1, 0.15) is 0 Å². The second-order valence-corrected chi connectivity index (χ2v) is 4.08. The van der Waals surface area contributed by atoms with Crippen molar-refractivity contribution in [2.75, 3.05) is 5.75 Å². The highest BCUT2D eigenvalue weighted by Crippen LogP contribution is 2.17. The number of hydrogen-bond donors (Lipinski definition) is 1. The number of hydrogen-bond acceptors (Lipinski definition) is 2. The van der Waals surface area contributed by atoms with Crippen molar-refractivity contribution in [3.05, 3.63) is 0 Å². The molecule has 0 amide bonds. The van der Waals surface area contributed by atoms with Crippen LogP contribution in [0.15, 0.2) is 0 Å². The molecule has 0 saturated heterocycles. The Kier molecular flexibility index (Phi) is 6.24. The zero-order valence-corrected chi connectivity index (χ0v) is 8.08. The second-order valence-electron chi connectivity index (χ2n) is 2.75. The topological polar surface area (TPSA) is 26.0 Å². The maximum Gasteiger partial charge on any atom is 0.0102 e. The lowest BCUT2D eigenvalue weighted by Crippen LogP contribution is -2.19. The van der Waals surface area contributed by atoms with Crippen molar-refractivity contribution in [1.29, 1.82) is 0 Å². The highest BCUT2D eigenvalue weighted by Gasteiger charge is 2.03. The van der Waals surface area contributed by atoms with E-state index in [-0.39, 0.29) is 0 Å². The largest absolute Gasteiger partial charge is 0.327 e. The molecule has 0 heterocycles. The molecule has 2 heteroatoms. The molecule has 0 radical (unpaired) electrons. The number of nitrogens with two attached hydrogens (primary N) is 1. The first-order valence-electron chi connectivity index (χ1n) is 4.07. The summed E-state index contributed by atoms with van der Waals surface area (Å²) >= 11 is 2.00. The van der Waals surface area contributed by atoms with E-state index in [9.17, 15) is 0 Å². The van der Waals surface area contributed by atoms with Gasteiger partial charge in [0, 0.05) is 17.0 Å². The lowest BCUT2D eigenvalue weighted by Gasteiger charge is -2.12. The van der Waals surface area contributed by atoms with Gasteiger partial charge in [-0.2, -0.15) is 11.8 Å². The molecule has 10 heavy (non-hydrogen) atoms. The number of rotatable bonds is 5. The van der Waals surface area contributed by atoms with Crippen LogP contribution in [0, 0.1) is 0 Å². The summed E-state index contributed by atoms with van der Waals surface area (Å²) in [4.78, 5) is 0. The van der Waals surface area contributed by atoms with Crippen LogP contribution in [0.3, 0.4) is 0 Å². The fraction of sp³-hybridized carbons (Fsp3) is 1.00. The minimum atomic E-state index is 0.352. The summed E-state index contributed by atoms with van der Waals surface area (Å²) in [6, 6.07) is 0.352. The average Bonchev–Trinajstić information content (AvgIpc) is 1.90. The summed E-state index contributed by atoms with van der Waals surface area (Å²) in [5.41, 5.74) is 5.63. The lowest BCUT2D eigenvalue weighted by molar-refractivity contribution is 0.781. The standard InChI is InChI=1S/C8H19NS/c1-4-8(5-2)10-6-7(3)9/h7-8H,4-6,9H2,1-3H3. The molecule has 62 valence electrons. The van der Waals surface area contributed by atoms with Gasteiger partial charge in [0.2, 0.25) is 0 Å². The minimum Gasteiger partial charge on any atom is -0.327 e. The third-order valence-electron chi connectivity index (χ3n) is 1.51. The zero-order valence-electron chi connectivity index (χ0n) is 7.26. The molecule has 0 aliphatic carbocycles. The molecular weight excluding hydrogens is 142 g/mol. The van der Waals surface area contributed by atoms with Crippen LogP contribution in [0.5, 0.6) is 0 Å². The van der Waals surface area contributed by atoms with Crippen molar-refractivity contribution < 1.29 is 0 Å². The van der Waals surface area contributed by atoms with Crippen molar-refractivity contribution in [2.45, 2.75) is 44.9 Å². The van der Waals surface area contributed by atoms with Crippen LogP contribution in [-0.4, -0.2) is 17.0 Å². The quantitative estimate of drug-likeness (QED) is 0.669. The molecule has 1 unspecified atom stereocenters. The fourth-order valence-corrected chi connectivity index (χ4v) is 1.86. The van der Waals surface area contributed by atoms with E-state index in [1.54, 1.807) is 0 Å². The SMILES string of the molecule is CCC(CC)SCC(C)N. The normalized spacial score (nSPS) is 14.1. The van der Waals surface area contributed by atoms with Crippen LogP contribution in [0.1, 0.15) is 33.6 Å². The Labute approximate surface area is 68.8 Å².